The van der Waals surface area contributed by atoms with E-state index in [1.165, 1.54) is 0 Å². The Morgan fingerprint density at radius 3 is 0.944 bits per heavy atom. The number of esters is 2. The first kappa shape index (κ1) is 34.4. The summed E-state index contributed by atoms with van der Waals surface area (Å²) in [4.78, 5) is 25.4. The van der Waals surface area contributed by atoms with Crippen LogP contribution in [0.15, 0.2) is 12.2 Å². The van der Waals surface area contributed by atoms with Gasteiger partial charge in [0, 0.05) is 38.6 Å². The van der Waals surface area contributed by atoms with E-state index in [0.717, 1.165) is 12.2 Å². The number of rotatable bonds is 22. The van der Waals surface area contributed by atoms with Crippen molar-refractivity contribution in [3.63, 3.8) is 0 Å². The molecule has 0 aliphatic carbocycles. The van der Waals surface area contributed by atoms with Crippen LogP contribution < -0.4 is 0 Å². The molecule has 0 aromatic heterocycles. The van der Waals surface area contributed by atoms with E-state index in [9.17, 15) is 9.59 Å². The molecule has 0 radical (unpaired) electrons. The van der Waals surface area contributed by atoms with Crippen molar-refractivity contribution < 1.29 is 57.0 Å². The van der Waals surface area contributed by atoms with Crippen LogP contribution in [0.4, 0.5) is 0 Å². The van der Waals surface area contributed by atoms with Crippen molar-refractivity contribution in [3.05, 3.63) is 12.2 Å². The Kier molecular flexibility index (Phi) is 18.6. The number of hydrogen-bond donors (Lipinski definition) is 0. The number of ether oxygens (including phenoxy) is 10. The second-order valence-electron chi connectivity index (χ2n) is 6.60. The largest absolute Gasteiger partial charge is 0.400 e. The lowest BCUT2D eigenvalue weighted by Gasteiger charge is -2.37. The van der Waals surface area contributed by atoms with Gasteiger partial charge < -0.3 is 47.4 Å². The summed E-state index contributed by atoms with van der Waals surface area (Å²) >= 11 is 0. The second kappa shape index (κ2) is 19.5. The molecule has 12 nitrogen and oxygen atoms in total. The summed E-state index contributed by atoms with van der Waals surface area (Å²) in [6.45, 7) is 15.2. The number of carbonyl (C=O) groups excluding carboxylic acids is 2. The van der Waals surface area contributed by atoms with Gasteiger partial charge in [0.05, 0.1) is 26.4 Å². The summed E-state index contributed by atoms with van der Waals surface area (Å²) in [5, 5.41) is 0. The highest BCUT2D eigenvalue weighted by atomic mass is 16.9. The Morgan fingerprint density at radius 2 is 0.750 bits per heavy atom. The third kappa shape index (κ3) is 11.2. The first-order chi connectivity index (χ1) is 17.3. The number of carbonyl (C=O) groups is 2. The fraction of sp³-hybridized carbons (Fsp3) is 0.833. The predicted molar refractivity (Wildman–Crippen MR) is 127 cm³/mol. The van der Waals surface area contributed by atoms with E-state index in [0.29, 0.717) is 0 Å². The molecule has 0 aromatic carbocycles. The molecule has 0 aliphatic heterocycles. The van der Waals surface area contributed by atoms with Gasteiger partial charge in [-0.25, -0.2) is 9.59 Å². The molecule has 0 fully saturated rings. The zero-order chi connectivity index (χ0) is 27.5. The smallest absolute Gasteiger partial charge is 0.383 e. The summed E-state index contributed by atoms with van der Waals surface area (Å²) < 4.78 is 55.5. The molecule has 0 heterocycles. The summed E-state index contributed by atoms with van der Waals surface area (Å²) in [5.74, 6) is -5.92. The standard InChI is InChI=1S/C24H44O12/c1-9-27-21(28-10-2)23(31-13-5,32-14-6)35-19(25)17-18-20(26)36-24(33-15-7,34-16-8)22(29-11-3)30-12-4/h17-18,21-22H,9-16H2,1-8H3/b18-17+. The Labute approximate surface area is 214 Å². The topological polar surface area (TPSA) is 126 Å². The molecule has 0 rings (SSSR count). The summed E-state index contributed by atoms with van der Waals surface area (Å²) in [6.07, 6.45) is -0.636. The molecule has 0 atom stereocenters. The van der Waals surface area contributed by atoms with Crippen LogP contribution in [0.25, 0.3) is 0 Å². The van der Waals surface area contributed by atoms with Gasteiger partial charge in [0.1, 0.15) is 0 Å². The normalized spacial score (nSPS) is 12.6. The van der Waals surface area contributed by atoms with E-state index in [2.05, 4.69) is 0 Å². The number of hydrogen-bond acceptors (Lipinski definition) is 12. The van der Waals surface area contributed by atoms with Gasteiger partial charge in [-0.05, 0) is 55.4 Å². The van der Waals surface area contributed by atoms with E-state index >= 15 is 0 Å². The zero-order valence-electron chi connectivity index (χ0n) is 22.9. The van der Waals surface area contributed by atoms with Crippen molar-refractivity contribution in [1.82, 2.24) is 0 Å². The lowest BCUT2D eigenvalue weighted by Crippen LogP contribution is -2.54. The van der Waals surface area contributed by atoms with Crippen LogP contribution in [0, 0.1) is 0 Å². The summed E-state index contributed by atoms with van der Waals surface area (Å²) in [6, 6.07) is 0. The Bertz CT molecular complexity index is 548. The van der Waals surface area contributed by atoms with Crippen molar-refractivity contribution in [2.75, 3.05) is 52.9 Å². The maximum atomic E-state index is 12.7. The Balaban J connectivity index is 5.81. The molecule has 0 amide bonds. The van der Waals surface area contributed by atoms with Crippen molar-refractivity contribution in [1.29, 1.82) is 0 Å². The summed E-state index contributed by atoms with van der Waals surface area (Å²) in [7, 11) is 0. The average molecular weight is 525 g/mol. The maximum absolute atomic E-state index is 12.7. The van der Waals surface area contributed by atoms with Gasteiger partial charge in [0.15, 0.2) is 0 Å². The molecular formula is C24H44O12. The Hall–Kier alpha value is -1.64. The van der Waals surface area contributed by atoms with E-state index in [1.807, 2.05) is 0 Å². The van der Waals surface area contributed by atoms with Crippen molar-refractivity contribution in [3.8, 4) is 0 Å². The van der Waals surface area contributed by atoms with E-state index in [1.54, 1.807) is 55.4 Å². The molecule has 0 saturated carbocycles. The minimum Gasteiger partial charge on any atom is -0.400 e. The van der Waals surface area contributed by atoms with Crippen molar-refractivity contribution in [2.24, 2.45) is 0 Å². The molecule has 0 bridgehead atoms. The van der Waals surface area contributed by atoms with Crippen molar-refractivity contribution in [2.45, 2.75) is 79.9 Å². The summed E-state index contributed by atoms with van der Waals surface area (Å²) in [5.41, 5.74) is 0. The van der Waals surface area contributed by atoms with Gasteiger partial charge >= 0.3 is 23.9 Å². The van der Waals surface area contributed by atoms with Crippen LogP contribution in [-0.4, -0.2) is 89.3 Å². The van der Waals surface area contributed by atoms with Crippen LogP contribution in [0.2, 0.25) is 0 Å². The second-order valence-corrected chi connectivity index (χ2v) is 6.60. The molecule has 0 N–H and O–H groups in total. The zero-order valence-corrected chi connectivity index (χ0v) is 22.9. The molecule has 12 heteroatoms. The average Bonchev–Trinajstić information content (AvgIpc) is 2.83. The van der Waals surface area contributed by atoms with Crippen LogP contribution in [-0.2, 0) is 57.0 Å². The lowest BCUT2D eigenvalue weighted by molar-refractivity contribution is -0.438. The van der Waals surface area contributed by atoms with Gasteiger partial charge in [-0.15, -0.1) is 0 Å². The van der Waals surface area contributed by atoms with Crippen molar-refractivity contribution >= 4 is 11.9 Å². The van der Waals surface area contributed by atoms with Crippen LogP contribution in [0.1, 0.15) is 55.4 Å². The van der Waals surface area contributed by atoms with Gasteiger partial charge in [0.25, 0.3) is 12.6 Å². The Morgan fingerprint density at radius 1 is 0.500 bits per heavy atom. The molecule has 0 unspecified atom stereocenters. The lowest BCUT2D eigenvalue weighted by atomic mass is 10.4. The quantitative estimate of drug-likeness (QED) is 0.117. The fourth-order valence-corrected chi connectivity index (χ4v) is 2.97. The third-order valence-electron chi connectivity index (χ3n) is 4.07. The van der Waals surface area contributed by atoms with Crippen LogP contribution in [0.3, 0.4) is 0 Å². The SMILES string of the molecule is CCOC(OCC)C(OCC)(OCC)OC(=O)/C=C/C(=O)OC(OCC)(OCC)C(OCC)OCC. The van der Waals surface area contributed by atoms with Gasteiger partial charge in [-0.3, -0.25) is 0 Å². The van der Waals surface area contributed by atoms with E-state index < -0.39 is 36.5 Å². The minimum atomic E-state index is -1.99. The maximum Gasteiger partial charge on any atom is 0.383 e. The molecular weight excluding hydrogens is 480 g/mol. The highest BCUT2D eigenvalue weighted by Gasteiger charge is 2.49. The van der Waals surface area contributed by atoms with Gasteiger partial charge in [-0.2, -0.15) is 0 Å². The molecule has 0 aromatic rings. The molecule has 0 saturated heterocycles. The van der Waals surface area contributed by atoms with E-state index in [-0.39, 0.29) is 52.9 Å². The van der Waals surface area contributed by atoms with E-state index in [4.69, 9.17) is 47.4 Å². The molecule has 0 aliphatic rings. The van der Waals surface area contributed by atoms with Gasteiger partial charge in [-0.1, -0.05) is 0 Å². The highest BCUT2D eigenvalue weighted by molar-refractivity contribution is 5.91. The first-order valence-electron chi connectivity index (χ1n) is 12.4. The minimum absolute atomic E-state index is 0.122. The highest BCUT2D eigenvalue weighted by Crippen LogP contribution is 2.27. The van der Waals surface area contributed by atoms with Gasteiger partial charge in [0.2, 0.25) is 0 Å². The van der Waals surface area contributed by atoms with Crippen LogP contribution in [0.5, 0.6) is 0 Å². The predicted octanol–water partition coefficient (Wildman–Crippen LogP) is 2.88. The molecule has 0 spiro atoms. The molecule has 36 heavy (non-hydrogen) atoms. The monoisotopic (exact) mass is 524 g/mol. The fourth-order valence-electron chi connectivity index (χ4n) is 2.97. The molecule has 212 valence electrons. The van der Waals surface area contributed by atoms with Crippen LogP contribution >= 0.6 is 0 Å². The third-order valence-corrected chi connectivity index (χ3v) is 4.07. The first-order valence-corrected chi connectivity index (χ1v) is 12.4.